The molecule has 0 saturated carbocycles. The lowest BCUT2D eigenvalue weighted by Crippen LogP contribution is -2.27. The summed E-state index contributed by atoms with van der Waals surface area (Å²) in [5.74, 6) is -0.258. The van der Waals surface area contributed by atoms with Crippen LogP contribution in [0.3, 0.4) is 0 Å². The standard InChI is InChI=1S/C22H19N3O2S/c1-2-15-8-10-17(11-9-15)24-20(26)13-25-14-23-21-18(22(25)27)12-19(28-21)16-6-4-3-5-7-16/h3-12,14H,2,13H2,1H3,(H,24,26). The Kier molecular flexibility index (Phi) is 5.04. The first kappa shape index (κ1) is 18.1. The van der Waals surface area contributed by atoms with Gasteiger partial charge in [0.05, 0.1) is 11.7 Å². The number of amides is 1. The Labute approximate surface area is 166 Å². The highest BCUT2D eigenvalue weighted by atomic mass is 32.1. The fraction of sp³-hybridized carbons (Fsp3) is 0.136. The molecular formula is C22H19N3O2S. The number of aryl methyl sites for hydroxylation is 1. The van der Waals surface area contributed by atoms with Crippen LogP contribution in [-0.4, -0.2) is 15.5 Å². The highest BCUT2D eigenvalue weighted by Gasteiger charge is 2.12. The zero-order valence-electron chi connectivity index (χ0n) is 15.4. The molecule has 0 radical (unpaired) electrons. The maximum atomic E-state index is 12.8. The van der Waals surface area contributed by atoms with Crippen molar-refractivity contribution in [2.24, 2.45) is 0 Å². The number of hydrogen-bond acceptors (Lipinski definition) is 4. The Morgan fingerprint density at radius 2 is 1.86 bits per heavy atom. The van der Waals surface area contributed by atoms with Gasteiger partial charge in [0.25, 0.3) is 5.56 Å². The largest absolute Gasteiger partial charge is 0.325 e. The van der Waals surface area contributed by atoms with E-state index in [9.17, 15) is 9.59 Å². The Balaban J connectivity index is 1.56. The third-order valence-electron chi connectivity index (χ3n) is 4.54. The minimum absolute atomic E-state index is 0.0756. The highest BCUT2D eigenvalue weighted by molar-refractivity contribution is 7.21. The van der Waals surface area contributed by atoms with Gasteiger partial charge in [0.1, 0.15) is 11.4 Å². The van der Waals surface area contributed by atoms with Gasteiger partial charge in [0.15, 0.2) is 0 Å². The Bertz CT molecular complexity index is 1180. The van der Waals surface area contributed by atoms with Crippen LogP contribution in [0.4, 0.5) is 5.69 Å². The minimum atomic E-state index is -0.258. The van der Waals surface area contributed by atoms with Crippen LogP contribution in [0, 0.1) is 0 Å². The van der Waals surface area contributed by atoms with Gasteiger partial charge in [-0.1, -0.05) is 49.4 Å². The fourth-order valence-electron chi connectivity index (χ4n) is 3.00. The molecule has 0 aliphatic carbocycles. The van der Waals surface area contributed by atoms with Gasteiger partial charge in [0, 0.05) is 10.6 Å². The van der Waals surface area contributed by atoms with Crippen LogP contribution in [0.5, 0.6) is 0 Å². The van der Waals surface area contributed by atoms with Crippen LogP contribution in [0.15, 0.2) is 71.8 Å². The number of hydrogen-bond donors (Lipinski definition) is 1. The zero-order valence-corrected chi connectivity index (χ0v) is 16.2. The van der Waals surface area contributed by atoms with Gasteiger partial charge in [-0.3, -0.25) is 14.2 Å². The number of carbonyl (C=O) groups excluding carboxylic acids is 1. The van der Waals surface area contributed by atoms with E-state index < -0.39 is 0 Å². The number of rotatable bonds is 5. The maximum absolute atomic E-state index is 12.8. The van der Waals surface area contributed by atoms with E-state index in [1.54, 1.807) is 0 Å². The topological polar surface area (TPSA) is 64.0 Å². The fourth-order valence-corrected chi connectivity index (χ4v) is 3.99. The molecule has 5 nitrogen and oxygen atoms in total. The van der Waals surface area contributed by atoms with E-state index in [1.807, 2.05) is 60.7 Å². The van der Waals surface area contributed by atoms with E-state index in [4.69, 9.17) is 0 Å². The third-order valence-corrected chi connectivity index (χ3v) is 5.63. The lowest BCUT2D eigenvalue weighted by Gasteiger charge is -2.07. The van der Waals surface area contributed by atoms with Crippen molar-refractivity contribution in [2.75, 3.05) is 5.32 Å². The van der Waals surface area contributed by atoms with Crippen molar-refractivity contribution in [2.45, 2.75) is 19.9 Å². The molecule has 2 aromatic carbocycles. The molecule has 6 heteroatoms. The second-order valence-electron chi connectivity index (χ2n) is 6.47. The normalized spacial score (nSPS) is 10.9. The van der Waals surface area contributed by atoms with Crippen molar-refractivity contribution in [1.29, 1.82) is 0 Å². The Morgan fingerprint density at radius 1 is 1.11 bits per heavy atom. The van der Waals surface area contributed by atoms with E-state index >= 15 is 0 Å². The average Bonchev–Trinajstić information content (AvgIpc) is 3.17. The van der Waals surface area contributed by atoms with Gasteiger partial charge < -0.3 is 5.32 Å². The van der Waals surface area contributed by atoms with Gasteiger partial charge >= 0.3 is 0 Å². The molecule has 28 heavy (non-hydrogen) atoms. The van der Waals surface area contributed by atoms with E-state index in [0.717, 1.165) is 16.9 Å². The number of thiophene rings is 1. The number of nitrogens with one attached hydrogen (secondary N) is 1. The number of fused-ring (bicyclic) bond motifs is 1. The van der Waals surface area contributed by atoms with Crippen LogP contribution in [-0.2, 0) is 17.8 Å². The summed E-state index contributed by atoms with van der Waals surface area (Å²) in [6.07, 6.45) is 2.39. The lowest BCUT2D eigenvalue weighted by molar-refractivity contribution is -0.116. The summed E-state index contributed by atoms with van der Waals surface area (Å²) in [7, 11) is 0. The predicted molar refractivity (Wildman–Crippen MR) is 114 cm³/mol. The van der Waals surface area contributed by atoms with E-state index in [1.165, 1.54) is 27.8 Å². The molecule has 0 bridgehead atoms. The second-order valence-corrected chi connectivity index (χ2v) is 7.50. The van der Waals surface area contributed by atoms with E-state index in [-0.39, 0.29) is 18.0 Å². The van der Waals surface area contributed by atoms with Crippen molar-refractivity contribution < 1.29 is 4.79 Å². The third kappa shape index (κ3) is 3.73. The zero-order chi connectivity index (χ0) is 19.5. The van der Waals surface area contributed by atoms with Crippen molar-refractivity contribution in [3.63, 3.8) is 0 Å². The van der Waals surface area contributed by atoms with Gasteiger partial charge in [-0.25, -0.2) is 4.98 Å². The Hall–Kier alpha value is -3.25. The first-order valence-corrected chi connectivity index (χ1v) is 9.89. The summed E-state index contributed by atoms with van der Waals surface area (Å²) >= 11 is 1.47. The summed E-state index contributed by atoms with van der Waals surface area (Å²) in [6, 6.07) is 19.4. The first-order chi connectivity index (χ1) is 13.6. The predicted octanol–water partition coefficient (Wildman–Crippen LogP) is 4.33. The first-order valence-electron chi connectivity index (χ1n) is 9.07. The maximum Gasteiger partial charge on any atom is 0.262 e. The lowest BCUT2D eigenvalue weighted by atomic mass is 10.1. The molecule has 1 amide bonds. The summed E-state index contributed by atoms with van der Waals surface area (Å²) in [5, 5.41) is 3.36. The molecule has 2 aromatic heterocycles. The number of anilines is 1. The van der Waals surface area contributed by atoms with Crippen molar-refractivity contribution in [3.8, 4) is 10.4 Å². The number of carbonyl (C=O) groups is 1. The van der Waals surface area contributed by atoms with Crippen molar-refractivity contribution in [1.82, 2.24) is 9.55 Å². The van der Waals surface area contributed by atoms with Gasteiger partial charge in [0.2, 0.25) is 5.91 Å². The monoisotopic (exact) mass is 389 g/mol. The van der Waals surface area contributed by atoms with Gasteiger partial charge in [-0.2, -0.15) is 0 Å². The van der Waals surface area contributed by atoms with Crippen LogP contribution < -0.4 is 10.9 Å². The molecule has 4 rings (SSSR count). The number of benzene rings is 2. The molecule has 0 fully saturated rings. The van der Waals surface area contributed by atoms with Crippen molar-refractivity contribution >= 4 is 33.1 Å². The van der Waals surface area contributed by atoms with Crippen LogP contribution in [0.2, 0.25) is 0 Å². The molecule has 0 aliphatic rings. The SMILES string of the molecule is CCc1ccc(NC(=O)Cn2cnc3sc(-c4ccccc4)cc3c2=O)cc1. The van der Waals surface area contributed by atoms with Crippen LogP contribution >= 0.6 is 11.3 Å². The van der Waals surface area contributed by atoms with Gasteiger partial charge in [-0.15, -0.1) is 11.3 Å². The average molecular weight is 389 g/mol. The van der Waals surface area contributed by atoms with Crippen molar-refractivity contribution in [3.05, 3.63) is 82.9 Å². The molecule has 0 spiro atoms. The molecule has 2 heterocycles. The molecule has 0 aliphatic heterocycles. The molecular weight excluding hydrogens is 370 g/mol. The summed E-state index contributed by atoms with van der Waals surface area (Å²) in [6.45, 7) is 2.00. The van der Waals surface area contributed by atoms with Crippen LogP contribution in [0.1, 0.15) is 12.5 Å². The molecule has 4 aromatic rings. The summed E-state index contributed by atoms with van der Waals surface area (Å²) < 4.78 is 1.35. The Morgan fingerprint density at radius 3 is 2.57 bits per heavy atom. The second kappa shape index (κ2) is 7.78. The van der Waals surface area contributed by atoms with E-state index in [0.29, 0.717) is 15.9 Å². The quantitative estimate of drug-likeness (QED) is 0.553. The number of nitrogens with zero attached hydrogens (tertiary/aromatic N) is 2. The van der Waals surface area contributed by atoms with Crippen LogP contribution in [0.25, 0.3) is 20.7 Å². The molecule has 0 atom stereocenters. The van der Waals surface area contributed by atoms with E-state index in [2.05, 4.69) is 17.2 Å². The number of aromatic nitrogens is 2. The minimum Gasteiger partial charge on any atom is -0.325 e. The summed E-state index contributed by atoms with van der Waals surface area (Å²) in [4.78, 5) is 31.2. The molecule has 1 N–H and O–H groups in total. The molecule has 0 saturated heterocycles. The molecule has 140 valence electrons. The summed E-state index contributed by atoms with van der Waals surface area (Å²) in [5.41, 5.74) is 2.76. The van der Waals surface area contributed by atoms with Gasteiger partial charge in [-0.05, 0) is 35.7 Å². The molecule has 0 unspecified atom stereocenters. The smallest absolute Gasteiger partial charge is 0.262 e. The highest BCUT2D eigenvalue weighted by Crippen LogP contribution is 2.30.